The van der Waals surface area contributed by atoms with Crippen LogP contribution in [0.4, 0.5) is 5.82 Å². The monoisotopic (exact) mass is 211 g/mol. The van der Waals surface area contributed by atoms with Gasteiger partial charge in [0.15, 0.2) is 0 Å². The Balaban J connectivity index is 2.07. The molecule has 1 saturated heterocycles. The van der Waals surface area contributed by atoms with Crippen LogP contribution in [0.15, 0.2) is 4.63 Å². The predicted molar refractivity (Wildman–Crippen MR) is 51.8 cm³/mol. The molecule has 2 heterocycles. The molecule has 0 bridgehead atoms. The third-order valence-corrected chi connectivity index (χ3v) is 2.62. The highest BCUT2D eigenvalue weighted by Crippen LogP contribution is 2.18. The fourth-order valence-corrected chi connectivity index (χ4v) is 1.70. The van der Waals surface area contributed by atoms with Gasteiger partial charge in [0, 0.05) is 13.1 Å². The first kappa shape index (κ1) is 9.91. The van der Waals surface area contributed by atoms with E-state index in [1.165, 1.54) is 0 Å². The third kappa shape index (κ3) is 1.78. The van der Waals surface area contributed by atoms with Gasteiger partial charge in [0.2, 0.25) is 11.5 Å². The summed E-state index contributed by atoms with van der Waals surface area (Å²) in [6.45, 7) is 1.94. The van der Waals surface area contributed by atoms with Gasteiger partial charge in [-0.05, 0) is 29.2 Å². The Bertz CT molecular complexity index is 364. The second-order valence-electron chi connectivity index (χ2n) is 3.64. The Morgan fingerprint density at radius 1 is 1.60 bits per heavy atom. The topological polar surface area (TPSA) is 111 Å². The minimum absolute atomic E-state index is 0.0381. The number of nitrogen functional groups attached to an aromatic ring is 1. The Labute approximate surface area is 86.4 Å². The average molecular weight is 211 g/mol. The van der Waals surface area contributed by atoms with E-state index in [1.807, 2.05) is 0 Å². The maximum absolute atomic E-state index is 11.8. The average Bonchev–Trinajstić information content (AvgIpc) is 2.84. The van der Waals surface area contributed by atoms with E-state index in [2.05, 4.69) is 14.9 Å². The number of nitrogens with zero attached hydrogens (tertiary/aromatic N) is 3. The number of carbonyl (C=O) groups is 1. The smallest absolute Gasteiger partial charge is 0.280 e. The molecule has 7 heteroatoms. The molecule has 0 spiro atoms. The van der Waals surface area contributed by atoms with Crippen LogP contribution in [-0.2, 0) is 0 Å². The van der Waals surface area contributed by atoms with Gasteiger partial charge < -0.3 is 16.4 Å². The number of hydrogen-bond acceptors (Lipinski definition) is 6. The maximum Gasteiger partial charge on any atom is 0.280 e. The van der Waals surface area contributed by atoms with Gasteiger partial charge in [-0.1, -0.05) is 0 Å². The summed E-state index contributed by atoms with van der Waals surface area (Å²) >= 11 is 0. The highest BCUT2D eigenvalue weighted by Gasteiger charge is 2.29. The van der Waals surface area contributed by atoms with Gasteiger partial charge in [0.25, 0.3) is 5.91 Å². The summed E-state index contributed by atoms with van der Waals surface area (Å²) in [7, 11) is 0. The number of hydrogen-bond donors (Lipinski definition) is 2. The van der Waals surface area contributed by atoms with E-state index >= 15 is 0 Å². The maximum atomic E-state index is 11.8. The van der Waals surface area contributed by atoms with Crippen LogP contribution < -0.4 is 11.5 Å². The molecular weight excluding hydrogens is 198 g/mol. The number of likely N-dealkylation sites (tertiary alicyclic amines) is 1. The van der Waals surface area contributed by atoms with E-state index in [0.29, 0.717) is 25.6 Å². The van der Waals surface area contributed by atoms with Gasteiger partial charge in [-0.15, -0.1) is 0 Å². The highest BCUT2D eigenvalue weighted by molar-refractivity contribution is 5.96. The van der Waals surface area contributed by atoms with Crippen LogP contribution >= 0.6 is 0 Å². The quantitative estimate of drug-likeness (QED) is 0.653. The van der Waals surface area contributed by atoms with Crippen LogP contribution in [0.2, 0.25) is 0 Å². The first-order valence-electron chi connectivity index (χ1n) is 4.79. The van der Waals surface area contributed by atoms with Gasteiger partial charge in [-0.25, -0.2) is 4.63 Å². The van der Waals surface area contributed by atoms with Crippen LogP contribution in [0.3, 0.4) is 0 Å². The molecule has 1 aromatic heterocycles. The van der Waals surface area contributed by atoms with Crippen molar-refractivity contribution in [2.75, 3.05) is 25.4 Å². The molecule has 7 nitrogen and oxygen atoms in total. The first-order chi connectivity index (χ1) is 7.22. The van der Waals surface area contributed by atoms with Crippen LogP contribution in [0.25, 0.3) is 0 Å². The number of nitrogens with two attached hydrogens (primary N) is 2. The first-order valence-corrected chi connectivity index (χ1v) is 4.79. The van der Waals surface area contributed by atoms with Gasteiger partial charge >= 0.3 is 0 Å². The second-order valence-corrected chi connectivity index (χ2v) is 3.64. The normalized spacial score (nSPS) is 20.9. The number of amides is 1. The zero-order valence-corrected chi connectivity index (χ0v) is 8.22. The summed E-state index contributed by atoms with van der Waals surface area (Å²) in [5.41, 5.74) is 11.1. The number of rotatable bonds is 2. The molecule has 1 aliphatic heterocycles. The second kappa shape index (κ2) is 3.85. The van der Waals surface area contributed by atoms with E-state index < -0.39 is 0 Å². The summed E-state index contributed by atoms with van der Waals surface area (Å²) in [6.07, 6.45) is 0.924. The Morgan fingerprint density at radius 3 is 2.93 bits per heavy atom. The lowest BCUT2D eigenvalue weighted by atomic mass is 10.1. The fraction of sp³-hybridized carbons (Fsp3) is 0.625. The SMILES string of the molecule is NCC1CCN(C(=O)c2nonc2N)C1. The van der Waals surface area contributed by atoms with Crippen molar-refractivity contribution >= 4 is 11.7 Å². The molecule has 1 aliphatic rings. The molecule has 0 aliphatic carbocycles. The minimum Gasteiger partial charge on any atom is -0.379 e. The Hall–Kier alpha value is -1.63. The zero-order valence-electron chi connectivity index (χ0n) is 8.22. The van der Waals surface area contributed by atoms with Gasteiger partial charge in [0.05, 0.1) is 0 Å². The molecule has 1 fully saturated rings. The van der Waals surface area contributed by atoms with E-state index in [4.69, 9.17) is 11.5 Å². The molecule has 1 atom stereocenters. The summed E-state index contributed by atoms with van der Waals surface area (Å²) < 4.78 is 4.38. The standard InChI is InChI=1S/C8H13N5O2/c9-3-5-1-2-13(4-5)8(14)6-7(10)12-15-11-6/h5H,1-4,9H2,(H2,10,12). The van der Waals surface area contributed by atoms with E-state index in [0.717, 1.165) is 6.42 Å². The van der Waals surface area contributed by atoms with Crippen molar-refractivity contribution in [3.63, 3.8) is 0 Å². The molecule has 0 radical (unpaired) electrons. The summed E-state index contributed by atoms with van der Waals surface area (Å²) in [5.74, 6) is 0.177. The molecule has 82 valence electrons. The lowest BCUT2D eigenvalue weighted by Crippen LogP contribution is -2.30. The largest absolute Gasteiger partial charge is 0.379 e. The van der Waals surface area contributed by atoms with Crippen LogP contribution in [-0.4, -0.2) is 40.8 Å². The van der Waals surface area contributed by atoms with Gasteiger partial charge in [-0.3, -0.25) is 4.79 Å². The molecule has 0 aromatic carbocycles. The van der Waals surface area contributed by atoms with Gasteiger partial charge in [0.1, 0.15) is 0 Å². The molecule has 15 heavy (non-hydrogen) atoms. The van der Waals surface area contributed by atoms with E-state index in [1.54, 1.807) is 4.90 Å². The number of anilines is 1. The van der Waals surface area contributed by atoms with Crippen molar-refractivity contribution in [1.29, 1.82) is 0 Å². The van der Waals surface area contributed by atoms with Crippen molar-refractivity contribution in [2.45, 2.75) is 6.42 Å². The molecule has 1 unspecified atom stereocenters. The van der Waals surface area contributed by atoms with Crippen molar-refractivity contribution in [2.24, 2.45) is 11.7 Å². The zero-order chi connectivity index (χ0) is 10.8. The Kier molecular flexibility index (Phi) is 2.55. The van der Waals surface area contributed by atoms with Crippen LogP contribution in [0.1, 0.15) is 16.9 Å². The summed E-state index contributed by atoms with van der Waals surface area (Å²) in [5, 5.41) is 6.85. The summed E-state index contributed by atoms with van der Waals surface area (Å²) in [4.78, 5) is 13.5. The Morgan fingerprint density at radius 2 is 2.40 bits per heavy atom. The van der Waals surface area contributed by atoms with Crippen LogP contribution in [0.5, 0.6) is 0 Å². The molecule has 1 aromatic rings. The van der Waals surface area contributed by atoms with E-state index in [-0.39, 0.29) is 17.4 Å². The van der Waals surface area contributed by atoms with Crippen molar-refractivity contribution < 1.29 is 9.42 Å². The minimum atomic E-state index is -0.232. The van der Waals surface area contributed by atoms with Crippen molar-refractivity contribution in [3.05, 3.63) is 5.69 Å². The van der Waals surface area contributed by atoms with Crippen molar-refractivity contribution in [3.8, 4) is 0 Å². The molecule has 4 N–H and O–H groups in total. The molecular formula is C8H13N5O2. The highest BCUT2D eigenvalue weighted by atomic mass is 16.6. The van der Waals surface area contributed by atoms with E-state index in [9.17, 15) is 4.79 Å². The number of carbonyl (C=O) groups excluding carboxylic acids is 1. The van der Waals surface area contributed by atoms with Crippen LogP contribution in [0, 0.1) is 5.92 Å². The lowest BCUT2D eigenvalue weighted by Gasteiger charge is -2.13. The number of aromatic nitrogens is 2. The van der Waals surface area contributed by atoms with Crippen molar-refractivity contribution in [1.82, 2.24) is 15.2 Å². The van der Waals surface area contributed by atoms with Gasteiger partial charge in [-0.2, -0.15) is 0 Å². The lowest BCUT2D eigenvalue weighted by molar-refractivity contribution is 0.0777. The predicted octanol–water partition coefficient (Wildman–Crippen LogP) is -0.927. The summed E-state index contributed by atoms with van der Waals surface area (Å²) in [6, 6.07) is 0. The molecule has 1 amide bonds. The fourth-order valence-electron chi connectivity index (χ4n) is 1.70. The molecule has 0 saturated carbocycles. The molecule has 2 rings (SSSR count). The third-order valence-electron chi connectivity index (χ3n) is 2.62.